The molecule has 8 rings (SSSR count). The van der Waals surface area contributed by atoms with Crippen molar-refractivity contribution in [2.24, 2.45) is 0 Å². The fraction of sp³-hybridized carbons (Fsp3) is 0.333. The number of aromatic nitrogens is 4. The highest BCUT2D eigenvalue weighted by Crippen LogP contribution is 2.28. The Labute approximate surface area is 469 Å². The van der Waals surface area contributed by atoms with E-state index in [1.54, 1.807) is 56.1 Å². The maximum absolute atomic E-state index is 10.9. The van der Waals surface area contributed by atoms with Crippen molar-refractivity contribution < 1.29 is 42.0 Å². The fourth-order valence-electron chi connectivity index (χ4n) is 6.82. The molecule has 0 saturated heterocycles. The van der Waals surface area contributed by atoms with E-state index in [0.717, 1.165) is 74.5 Å². The van der Waals surface area contributed by atoms with Gasteiger partial charge in [0.15, 0.2) is 0 Å². The SMILES string of the molecule is CC(=O)CSCc1nc(-c2ccc(C)cc2)oc1C.CC(=O)CSCc1nc(-c2ccc(C)cc2)oc1C.CCc1ccc(-c2nc(CSCC(C)=O)c(C)o2)cc1.Cc1ccc(-c2nc(CSCC(=O)O)c(C)o2)cc1. The number of Topliss-reactive ketones (excluding diaryl/α,β-unsaturated/α-hetero) is 3. The standard InChI is InChI=1S/C16H19NO2S.2C15H17NO2S.C14H15NO3S/c1-4-13-5-7-14(8-6-13)16-17-15(12(3)19-16)10-20-9-11(2)18;2*1-10-4-6-13(7-5-10)15-16-14(12(3)18-15)9-19-8-11(2)17;1-9-3-5-11(6-4-9)14-15-12(10(2)18-14)7-19-8-13(16)17/h5-8H,4,9-10H2,1-3H3;2*4-7H,8-9H2,1-3H3;3-6H,7-8H2,1-2H3,(H,16,17). The first kappa shape index (κ1) is 61.5. The lowest BCUT2D eigenvalue weighted by atomic mass is 10.1. The molecule has 0 saturated carbocycles. The molecule has 0 aliphatic heterocycles. The van der Waals surface area contributed by atoms with Gasteiger partial charge in [-0.25, -0.2) is 19.9 Å². The van der Waals surface area contributed by atoms with Crippen molar-refractivity contribution in [1.29, 1.82) is 0 Å². The van der Waals surface area contributed by atoms with Gasteiger partial charge in [0, 0.05) is 45.3 Å². The van der Waals surface area contributed by atoms with Gasteiger partial charge in [0.25, 0.3) is 0 Å². The topological polar surface area (TPSA) is 193 Å². The monoisotopic (exact) mass is 1120 g/mol. The molecule has 17 heteroatoms. The van der Waals surface area contributed by atoms with Gasteiger partial charge in [-0.15, -0.1) is 47.0 Å². The number of rotatable bonds is 21. The average Bonchev–Trinajstić information content (AvgIpc) is 4.17. The van der Waals surface area contributed by atoms with E-state index in [0.29, 0.717) is 63.8 Å². The van der Waals surface area contributed by atoms with Crippen molar-refractivity contribution in [2.75, 3.05) is 23.0 Å². The Morgan fingerprint density at radius 3 is 0.844 bits per heavy atom. The third kappa shape index (κ3) is 20.8. The van der Waals surface area contributed by atoms with Crippen LogP contribution in [0.25, 0.3) is 45.8 Å². The maximum atomic E-state index is 10.9. The van der Waals surface area contributed by atoms with E-state index in [9.17, 15) is 19.2 Å². The van der Waals surface area contributed by atoms with E-state index in [1.165, 1.54) is 34.0 Å². The summed E-state index contributed by atoms with van der Waals surface area (Å²) in [6.07, 6.45) is 1.03. The van der Waals surface area contributed by atoms with Crippen LogP contribution in [0.4, 0.5) is 0 Å². The summed E-state index contributed by atoms with van der Waals surface area (Å²) in [4.78, 5) is 61.2. The lowest BCUT2D eigenvalue weighted by molar-refractivity contribution is -0.134. The molecule has 0 bridgehead atoms. The summed E-state index contributed by atoms with van der Waals surface area (Å²) in [5, 5.41) is 8.61. The molecule has 13 nitrogen and oxygen atoms in total. The van der Waals surface area contributed by atoms with Gasteiger partial charge in [-0.3, -0.25) is 19.2 Å². The van der Waals surface area contributed by atoms with Crippen molar-refractivity contribution in [3.8, 4) is 45.8 Å². The number of aliphatic carboxylic acids is 1. The molecule has 0 aliphatic rings. The second-order valence-corrected chi connectivity index (χ2v) is 22.1. The number of benzene rings is 4. The van der Waals surface area contributed by atoms with Gasteiger partial charge in [0.1, 0.15) is 40.4 Å². The molecule has 4 aromatic heterocycles. The van der Waals surface area contributed by atoms with Crippen molar-refractivity contribution >= 4 is 70.4 Å². The van der Waals surface area contributed by atoms with Crippen LogP contribution in [0, 0.1) is 48.5 Å². The minimum Gasteiger partial charge on any atom is -0.481 e. The predicted octanol–water partition coefficient (Wildman–Crippen LogP) is 14.9. The average molecular weight is 1120 g/mol. The predicted molar refractivity (Wildman–Crippen MR) is 315 cm³/mol. The van der Waals surface area contributed by atoms with Crippen LogP contribution in [0.3, 0.4) is 0 Å². The molecule has 0 unspecified atom stereocenters. The highest BCUT2D eigenvalue weighted by Gasteiger charge is 2.16. The molecule has 406 valence electrons. The number of hydrogen-bond acceptors (Lipinski definition) is 16. The van der Waals surface area contributed by atoms with Gasteiger partial charge in [0.2, 0.25) is 23.6 Å². The number of carbonyl (C=O) groups is 4. The molecule has 1 N–H and O–H groups in total. The number of ketones is 3. The summed E-state index contributed by atoms with van der Waals surface area (Å²) in [7, 11) is 0. The first-order valence-corrected chi connectivity index (χ1v) is 29.6. The minimum atomic E-state index is -0.815. The summed E-state index contributed by atoms with van der Waals surface area (Å²) in [5.74, 6) is 9.82. The number of thioether (sulfide) groups is 4. The largest absolute Gasteiger partial charge is 0.481 e. The summed E-state index contributed by atoms with van der Waals surface area (Å²) in [6.45, 7) is 20.6. The highest BCUT2D eigenvalue weighted by atomic mass is 32.2. The summed E-state index contributed by atoms with van der Waals surface area (Å²) >= 11 is 6.02. The van der Waals surface area contributed by atoms with Crippen LogP contribution in [-0.2, 0) is 48.6 Å². The summed E-state index contributed by atoms with van der Waals surface area (Å²) < 4.78 is 22.7. The molecule has 4 heterocycles. The minimum absolute atomic E-state index is 0.0756. The van der Waals surface area contributed by atoms with E-state index in [2.05, 4.69) is 52.8 Å². The molecule has 77 heavy (non-hydrogen) atoms. The molecule has 0 fully saturated rings. The highest BCUT2D eigenvalue weighted by molar-refractivity contribution is 7.99. The number of aryl methyl sites for hydroxylation is 8. The Balaban J connectivity index is 0.000000189. The molecule has 0 aliphatic carbocycles. The van der Waals surface area contributed by atoms with Crippen LogP contribution < -0.4 is 0 Å². The van der Waals surface area contributed by atoms with Crippen LogP contribution in [-0.4, -0.2) is 71.4 Å². The smallest absolute Gasteiger partial charge is 0.313 e. The zero-order chi connectivity index (χ0) is 56.0. The second kappa shape index (κ2) is 31.1. The van der Waals surface area contributed by atoms with Crippen LogP contribution >= 0.6 is 47.0 Å². The summed E-state index contributed by atoms with van der Waals surface area (Å²) in [5.41, 5.74) is 12.4. The molecule has 0 atom stereocenters. The van der Waals surface area contributed by atoms with Gasteiger partial charge >= 0.3 is 5.97 Å². The first-order valence-electron chi connectivity index (χ1n) is 24.9. The molecule has 0 spiro atoms. The maximum Gasteiger partial charge on any atom is 0.313 e. The van der Waals surface area contributed by atoms with Crippen LogP contribution in [0.15, 0.2) is 115 Å². The van der Waals surface area contributed by atoms with E-state index in [1.807, 2.05) is 120 Å². The van der Waals surface area contributed by atoms with Crippen LogP contribution in [0.5, 0.6) is 0 Å². The molecular formula is C60H68N4O9S4. The van der Waals surface area contributed by atoms with Crippen molar-refractivity contribution in [1.82, 2.24) is 19.9 Å². The van der Waals surface area contributed by atoms with Gasteiger partial charge in [-0.2, -0.15) is 0 Å². The number of carboxylic acid groups (broad SMARTS) is 1. The quantitative estimate of drug-likeness (QED) is 0.0713. The Hall–Kier alpha value is -6.40. The van der Waals surface area contributed by atoms with Gasteiger partial charge < -0.3 is 22.8 Å². The van der Waals surface area contributed by atoms with E-state index < -0.39 is 5.97 Å². The van der Waals surface area contributed by atoms with Crippen LogP contribution in [0.1, 0.15) is 95.8 Å². The Kier molecular flexibility index (Phi) is 24.8. The molecule has 0 amide bonds. The molecular weight excluding hydrogens is 1050 g/mol. The lowest BCUT2D eigenvalue weighted by Gasteiger charge is -1.98. The molecule has 8 aromatic rings. The van der Waals surface area contributed by atoms with E-state index in [-0.39, 0.29) is 23.1 Å². The number of carbonyl (C=O) groups excluding carboxylic acids is 3. The molecule has 4 aromatic carbocycles. The van der Waals surface area contributed by atoms with Crippen molar-refractivity contribution in [3.63, 3.8) is 0 Å². The van der Waals surface area contributed by atoms with E-state index in [4.69, 9.17) is 22.8 Å². The van der Waals surface area contributed by atoms with Crippen molar-refractivity contribution in [2.45, 2.75) is 106 Å². The second-order valence-electron chi connectivity index (χ2n) is 18.2. The third-order valence-electron chi connectivity index (χ3n) is 11.2. The lowest BCUT2D eigenvalue weighted by Crippen LogP contribution is -1.98. The zero-order valence-corrected chi connectivity index (χ0v) is 49.0. The number of nitrogens with zero attached hydrogens (tertiary/aromatic N) is 4. The van der Waals surface area contributed by atoms with Gasteiger partial charge in [-0.1, -0.05) is 72.1 Å². The summed E-state index contributed by atoms with van der Waals surface area (Å²) in [6, 6.07) is 32.4. The molecule has 0 radical (unpaired) electrons. The number of hydrogen-bond donors (Lipinski definition) is 1. The first-order chi connectivity index (χ1) is 36.8. The van der Waals surface area contributed by atoms with Crippen molar-refractivity contribution in [3.05, 3.63) is 165 Å². The normalized spacial score (nSPS) is 10.7. The fourth-order valence-corrected chi connectivity index (χ4v) is 10.1. The Bertz CT molecular complexity index is 2910. The number of oxazole rings is 4. The number of carboxylic acids is 1. The van der Waals surface area contributed by atoms with Crippen LogP contribution in [0.2, 0.25) is 0 Å². The van der Waals surface area contributed by atoms with Gasteiger partial charge in [0.05, 0.1) is 45.8 Å². The van der Waals surface area contributed by atoms with E-state index >= 15 is 0 Å². The zero-order valence-electron chi connectivity index (χ0n) is 45.7. The Morgan fingerprint density at radius 2 is 0.623 bits per heavy atom. The third-order valence-corrected chi connectivity index (χ3v) is 15.4. The van der Waals surface area contributed by atoms with Gasteiger partial charge in [-0.05, 0) is 130 Å². The Morgan fingerprint density at radius 1 is 0.390 bits per heavy atom.